The summed E-state index contributed by atoms with van der Waals surface area (Å²) in [6.07, 6.45) is 3.44. The van der Waals surface area contributed by atoms with Gasteiger partial charge in [0, 0.05) is 29.9 Å². The molecule has 3 heterocycles. The molecule has 0 amide bonds. The molecule has 108 valence electrons. The number of carboxylic acid groups (broad SMARTS) is 1. The lowest BCUT2D eigenvalue weighted by molar-refractivity contribution is 0.0690. The molecule has 3 rings (SSSR count). The predicted octanol–water partition coefficient (Wildman–Crippen LogP) is 2.52. The highest BCUT2D eigenvalue weighted by Gasteiger charge is 2.16. The fourth-order valence-corrected chi connectivity index (χ4v) is 2.87. The van der Waals surface area contributed by atoms with Crippen molar-refractivity contribution >= 4 is 28.9 Å². The van der Waals surface area contributed by atoms with Gasteiger partial charge in [0.05, 0.1) is 6.54 Å². The lowest BCUT2D eigenvalue weighted by Gasteiger charge is -2.22. The Kier molecular flexibility index (Phi) is 3.57. The molecule has 0 atom stereocenters. The van der Waals surface area contributed by atoms with E-state index < -0.39 is 5.97 Å². The Hall–Kier alpha value is -2.41. The molecule has 0 bridgehead atoms. The Labute approximate surface area is 125 Å². The Morgan fingerprint density at radius 1 is 1.52 bits per heavy atom. The first-order valence-corrected chi connectivity index (χ1v) is 7.41. The maximum Gasteiger partial charge on any atom is 0.354 e. The second-order valence-corrected chi connectivity index (χ2v) is 5.53. The summed E-state index contributed by atoms with van der Waals surface area (Å²) in [6.45, 7) is 3.43. The highest BCUT2D eigenvalue weighted by atomic mass is 32.1. The van der Waals surface area contributed by atoms with Gasteiger partial charge >= 0.3 is 5.97 Å². The SMILES string of the molecule is CCN(Cc1cccs1)c1nc(C(=O)O)cc2nccn12. The summed E-state index contributed by atoms with van der Waals surface area (Å²) in [5.74, 6) is -0.452. The van der Waals surface area contributed by atoms with Gasteiger partial charge in [0.15, 0.2) is 5.69 Å². The Morgan fingerprint density at radius 2 is 2.38 bits per heavy atom. The van der Waals surface area contributed by atoms with Gasteiger partial charge in [-0.05, 0) is 18.4 Å². The van der Waals surface area contributed by atoms with E-state index in [1.807, 2.05) is 27.7 Å². The van der Waals surface area contributed by atoms with Crippen molar-refractivity contribution in [2.24, 2.45) is 0 Å². The number of anilines is 1. The fourth-order valence-electron chi connectivity index (χ4n) is 2.15. The normalized spacial score (nSPS) is 10.9. The molecule has 0 spiro atoms. The molecule has 6 nitrogen and oxygen atoms in total. The van der Waals surface area contributed by atoms with Crippen molar-refractivity contribution in [3.63, 3.8) is 0 Å². The molecular formula is C14H14N4O2S. The predicted molar refractivity (Wildman–Crippen MR) is 81.0 cm³/mol. The van der Waals surface area contributed by atoms with E-state index in [4.69, 9.17) is 0 Å². The number of nitrogens with zero attached hydrogens (tertiary/aromatic N) is 4. The van der Waals surface area contributed by atoms with Crippen LogP contribution in [0.2, 0.25) is 0 Å². The Morgan fingerprint density at radius 3 is 3.05 bits per heavy atom. The summed E-state index contributed by atoms with van der Waals surface area (Å²) in [7, 11) is 0. The van der Waals surface area contributed by atoms with Gasteiger partial charge in [-0.15, -0.1) is 11.3 Å². The molecule has 3 aromatic heterocycles. The summed E-state index contributed by atoms with van der Waals surface area (Å²) in [5, 5.41) is 11.2. The molecule has 1 N–H and O–H groups in total. The minimum absolute atomic E-state index is 0.00771. The van der Waals surface area contributed by atoms with Crippen LogP contribution in [0.3, 0.4) is 0 Å². The van der Waals surface area contributed by atoms with Gasteiger partial charge in [-0.25, -0.2) is 14.8 Å². The van der Waals surface area contributed by atoms with E-state index in [0.717, 1.165) is 6.54 Å². The number of rotatable bonds is 5. The van der Waals surface area contributed by atoms with Crippen molar-refractivity contribution in [3.8, 4) is 0 Å². The second kappa shape index (κ2) is 5.53. The maximum atomic E-state index is 11.2. The van der Waals surface area contributed by atoms with Crippen molar-refractivity contribution in [2.75, 3.05) is 11.4 Å². The van der Waals surface area contributed by atoms with E-state index >= 15 is 0 Å². The topological polar surface area (TPSA) is 70.7 Å². The number of imidazole rings is 1. The van der Waals surface area contributed by atoms with Crippen molar-refractivity contribution in [1.82, 2.24) is 14.4 Å². The van der Waals surface area contributed by atoms with Crippen LogP contribution in [0.1, 0.15) is 22.3 Å². The van der Waals surface area contributed by atoms with E-state index in [9.17, 15) is 9.90 Å². The van der Waals surface area contributed by atoms with Crippen LogP contribution in [0.25, 0.3) is 5.65 Å². The molecule has 7 heteroatoms. The molecule has 0 unspecified atom stereocenters. The molecule has 0 radical (unpaired) electrons. The minimum atomic E-state index is -1.05. The quantitative estimate of drug-likeness (QED) is 0.784. The first kappa shape index (κ1) is 13.6. The van der Waals surface area contributed by atoms with E-state index in [1.165, 1.54) is 10.9 Å². The number of aromatic nitrogens is 3. The van der Waals surface area contributed by atoms with E-state index in [-0.39, 0.29) is 5.69 Å². The number of carboxylic acids is 1. The molecule has 0 fully saturated rings. The lowest BCUT2D eigenvalue weighted by atomic mass is 10.4. The van der Waals surface area contributed by atoms with E-state index in [0.29, 0.717) is 18.1 Å². The minimum Gasteiger partial charge on any atom is -0.477 e. The molecule has 0 aliphatic carbocycles. The van der Waals surface area contributed by atoms with E-state index in [1.54, 1.807) is 23.7 Å². The molecule has 0 saturated carbocycles. The van der Waals surface area contributed by atoms with Crippen LogP contribution in [-0.2, 0) is 6.54 Å². The van der Waals surface area contributed by atoms with E-state index in [2.05, 4.69) is 16.0 Å². The number of hydrogen-bond donors (Lipinski definition) is 1. The molecule has 0 aliphatic rings. The lowest BCUT2D eigenvalue weighted by Crippen LogP contribution is -2.26. The van der Waals surface area contributed by atoms with Gasteiger partial charge in [0.25, 0.3) is 0 Å². The Balaban J connectivity index is 2.07. The number of aromatic carboxylic acids is 1. The Bertz CT molecular complexity index is 766. The van der Waals surface area contributed by atoms with Crippen LogP contribution >= 0.6 is 11.3 Å². The average Bonchev–Trinajstić information content (AvgIpc) is 3.14. The third-order valence-corrected chi connectivity index (χ3v) is 4.04. The monoisotopic (exact) mass is 302 g/mol. The zero-order chi connectivity index (χ0) is 14.8. The number of hydrogen-bond acceptors (Lipinski definition) is 5. The first-order valence-electron chi connectivity index (χ1n) is 6.53. The van der Waals surface area contributed by atoms with Gasteiger partial charge in [0.1, 0.15) is 5.65 Å². The largest absolute Gasteiger partial charge is 0.477 e. The van der Waals surface area contributed by atoms with Crippen molar-refractivity contribution in [1.29, 1.82) is 0 Å². The van der Waals surface area contributed by atoms with Crippen LogP contribution in [0.5, 0.6) is 0 Å². The molecular weight excluding hydrogens is 288 g/mol. The van der Waals surface area contributed by atoms with Gasteiger partial charge in [0.2, 0.25) is 5.95 Å². The van der Waals surface area contributed by atoms with Crippen molar-refractivity contribution < 1.29 is 9.90 Å². The fraction of sp³-hybridized carbons (Fsp3) is 0.214. The molecule has 0 aromatic carbocycles. The zero-order valence-electron chi connectivity index (χ0n) is 11.4. The molecule has 0 saturated heterocycles. The highest BCUT2D eigenvalue weighted by molar-refractivity contribution is 7.09. The van der Waals surface area contributed by atoms with Gasteiger partial charge in [-0.1, -0.05) is 6.07 Å². The summed E-state index contributed by atoms with van der Waals surface area (Å²) in [6, 6.07) is 5.53. The third-order valence-electron chi connectivity index (χ3n) is 3.18. The van der Waals surface area contributed by atoms with Crippen molar-refractivity contribution in [3.05, 3.63) is 46.5 Å². The van der Waals surface area contributed by atoms with Crippen LogP contribution in [0.4, 0.5) is 5.95 Å². The van der Waals surface area contributed by atoms with Crippen molar-refractivity contribution in [2.45, 2.75) is 13.5 Å². The van der Waals surface area contributed by atoms with Crippen LogP contribution in [-0.4, -0.2) is 32.0 Å². The van der Waals surface area contributed by atoms with Gasteiger partial charge in [-0.2, -0.15) is 0 Å². The van der Waals surface area contributed by atoms with Crippen LogP contribution in [0, 0.1) is 0 Å². The first-order chi connectivity index (χ1) is 10.2. The number of fused-ring (bicyclic) bond motifs is 1. The maximum absolute atomic E-state index is 11.2. The average molecular weight is 302 g/mol. The summed E-state index contributed by atoms with van der Waals surface area (Å²) in [4.78, 5) is 22.9. The highest BCUT2D eigenvalue weighted by Crippen LogP contribution is 2.20. The smallest absolute Gasteiger partial charge is 0.354 e. The number of carbonyl (C=O) groups is 1. The van der Waals surface area contributed by atoms with Crippen LogP contribution in [0.15, 0.2) is 36.0 Å². The molecule has 21 heavy (non-hydrogen) atoms. The third kappa shape index (κ3) is 2.59. The van der Waals surface area contributed by atoms with Gasteiger partial charge < -0.3 is 10.0 Å². The molecule has 3 aromatic rings. The number of thiophene rings is 1. The second-order valence-electron chi connectivity index (χ2n) is 4.50. The summed E-state index contributed by atoms with van der Waals surface area (Å²) < 4.78 is 1.81. The molecule has 0 aliphatic heterocycles. The summed E-state index contributed by atoms with van der Waals surface area (Å²) in [5.41, 5.74) is 0.593. The summed E-state index contributed by atoms with van der Waals surface area (Å²) >= 11 is 1.67. The van der Waals surface area contributed by atoms with Crippen LogP contribution < -0.4 is 4.90 Å². The standard InChI is InChI=1S/C14H14N4O2S/c1-2-17(9-10-4-3-7-21-10)14-16-11(13(19)20)8-12-15-5-6-18(12)14/h3-8H,2,9H2,1H3,(H,19,20). The zero-order valence-corrected chi connectivity index (χ0v) is 12.2. The van der Waals surface area contributed by atoms with Gasteiger partial charge in [-0.3, -0.25) is 4.40 Å².